The van der Waals surface area contributed by atoms with Crippen LogP contribution in [0.4, 0.5) is 0 Å². The van der Waals surface area contributed by atoms with Crippen LogP contribution >= 0.6 is 23.2 Å². The molecular formula is C11H12Cl2N4. The first-order chi connectivity index (χ1) is 8.11. The van der Waals surface area contributed by atoms with E-state index in [1.807, 2.05) is 23.7 Å². The van der Waals surface area contributed by atoms with Crippen LogP contribution in [0.15, 0.2) is 18.5 Å². The topological polar surface area (TPSA) is 43.6 Å². The third kappa shape index (κ3) is 2.58. The molecule has 0 saturated heterocycles. The highest BCUT2D eigenvalue weighted by Crippen LogP contribution is 2.28. The lowest BCUT2D eigenvalue weighted by Crippen LogP contribution is -2.07. The third-order valence-electron chi connectivity index (χ3n) is 2.65. The van der Waals surface area contributed by atoms with Crippen LogP contribution in [0.3, 0.4) is 0 Å². The largest absolute Gasteiger partial charge is 0.320 e. The molecule has 2 rings (SSSR count). The Morgan fingerprint density at radius 3 is 2.41 bits per heavy atom. The van der Waals surface area contributed by atoms with Crippen LogP contribution in [0.2, 0.25) is 10.3 Å². The molecule has 17 heavy (non-hydrogen) atoms. The number of rotatable bonds is 3. The van der Waals surface area contributed by atoms with Crippen molar-refractivity contribution in [1.82, 2.24) is 19.7 Å². The molecule has 4 nitrogen and oxygen atoms in total. The van der Waals surface area contributed by atoms with Crippen molar-refractivity contribution >= 4 is 23.2 Å². The maximum Gasteiger partial charge on any atom is 0.140 e. The second kappa shape index (κ2) is 5.02. The molecule has 0 saturated carbocycles. The average molecular weight is 271 g/mol. The van der Waals surface area contributed by atoms with Gasteiger partial charge in [0.15, 0.2) is 0 Å². The van der Waals surface area contributed by atoms with Crippen LogP contribution < -0.4 is 0 Å². The molecule has 90 valence electrons. The van der Waals surface area contributed by atoms with Gasteiger partial charge in [0.05, 0.1) is 0 Å². The maximum atomic E-state index is 5.91. The summed E-state index contributed by atoms with van der Waals surface area (Å²) in [6.07, 6.45) is 2.58. The van der Waals surface area contributed by atoms with E-state index in [1.165, 1.54) is 0 Å². The highest BCUT2D eigenvalue weighted by Gasteiger charge is 2.18. The van der Waals surface area contributed by atoms with Gasteiger partial charge in [-0.2, -0.15) is 0 Å². The Kier molecular flexibility index (Phi) is 3.64. The molecule has 0 bridgehead atoms. The van der Waals surface area contributed by atoms with Gasteiger partial charge in [0, 0.05) is 13.0 Å². The predicted molar refractivity (Wildman–Crippen MR) is 67.4 cm³/mol. The zero-order chi connectivity index (χ0) is 12.4. The molecule has 1 unspecified atom stereocenters. The van der Waals surface area contributed by atoms with Crippen molar-refractivity contribution in [3.63, 3.8) is 0 Å². The summed E-state index contributed by atoms with van der Waals surface area (Å²) >= 11 is 11.8. The number of aryl methyl sites for hydroxylation is 1. The second-order valence-electron chi connectivity index (χ2n) is 3.81. The second-order valence-corrected chi connectivity index (χ2v) is 4.58. The predicted octanol–water partition coefficient (Wildman–Crippen LogP) is 3.06. The molecule has 6 heteroatoms. The molecule has 0 N–H and O–H groups in total. The Labute approximate surface area is 110 Å². The average Bonchev–Trinajstić information content (AvgIpc) is 2.65. The van der Waals surface area contributed by atoms with Crippen molar-refractivity contribution in [2.75, 3.05) is 0 Å². The van der Waals surface area contributed by atoms with E-state index >= 15 is 0 Å². The third-order valence-corrected chi connectivity index (χ3v) is 3.04. The van der Waals surface area contributed by atoms with Gasteiger partial charge < -0.3 is 4.57 Å². The van der Waals surface area contributed by atoms with E-state index in [4.69, 9.17) is 23.2 Å². The quantitative estimate of drug-likeness (QED) is 0.806. The first-order valence-corrected chi connectivity index (χ1v) is 6.04. The normalized spacial score (nSPS) is 12.7. The van der Waals surface area contributed by atoms with Crippen LogP contribution in [0.25, 0.3) is 0 Å². The van der Waals surface area contributed by atoms with Gasteiger partial charge in [0.1, 0.15) is 22.5 Å². The van der Waals surface area contributed by atoms with Gasteiger partial charge in [-0.3, -0.25) is 0 Å². The Morgan fingerprint density at radius 2 is 1.94 bits per heavy atom. The first kappa shape index (κ1) is 12.3. The molecule has 0 spiro atoms. The standard InChI is InChI=1S/C11H12Cl2N4/c1-3-8(11-16-14-6-17(11)2)7-4-9(12)15-10(13)5-7/h4-6,8H,3H2,1-2H3. The summed E-state index contributed by atoms with van der Waals surface area (Å²) < 4.78 is 1.90. The van der Waals surface area contributed by atoms with Crippen LogP contribution in [0, 0.1) is 0 Å². The Morgan fingerprint density at radius 1 is 1.29 bits per heavy atom. The zero-order valence-corrected chi connectivity index (χ0v) is 11.1. The molecule has 0 amide bonds. The molecule has 1 atom stereocenters. The monoisotopic (exact) mass is 270 g/mol. The molecule has 0 aliphatic heterocycles. The smallest absolute Gasteiger partial charge is 0.140 e. The van der Waals surface area contributed by atoms with Gasteiger partial charge in [-0.25, -0.2) is 4.98 Å². The summed E-state index contributed by atoms with van der Waals surface area (Å²) in [5.74, 6) is 1.02. The zero-order valence-electron chi connectivity index (χ0n) is 9.56. The van der Waals surface area contributed by atoms with Gasteiger partial charge in [-0.05, 0) is 24.1 Å². The Bertz CT molecular complexity index is 504. The van der Waals surface area contributed by atoms with Crippen LogP contribution in [0.5, 0.6) is 0 Å². The molecule has 2 aromatic rings. The van der Waals surface area contributed by atoms with E-state index in [1.54, 1.807) is 6.33 Å². The van der Waals surface area contributed by atoms with Crippen LogP contribution in [-0.2, 0) is 7.05 Å². The van der Waals surface area contributed by atoms with Crippen molar-refractivity contribution in [2.24, 2.45) is 7.05 Å². The highest BCUT2D eigenvalue weighted by molar-refractivity contribution is 6.32. The Balaban J connectivity index is 2.45. The summed E-state index contributed by atoms with van der Waals surface area (Å²) in [5, 5.41) is 8.81. The minimum Gasteiger partial charge on any atom is -0.320 e. The molecule has 0 radical (unpaired) electrons. The van der Waals surface area contributed by atoms with E-state index in [2.05, 4.69) is 22.1 Å². The molecule has 2 aromatic heterocycles. The van der Waals surface area contributed by atoms with E-state index < -0.39 is 0 Å². The minimum atomic E-state index is 0.125. The summed E-state index contributed by atoms with van der Waals surface area (Å²) in [6.45, 7) is 2.08. The van der Waals surface area contributed by atoms with Crippen molar-refractivity contribution < 1.29 is 0 Å². The van der Waals surface area contributed by atoms with E-state index in [0.29, 0.717) is 10.3 Å². The number of hydrogen-bond acceptors (Lipinski definition) is 3. The van der Waals surface area contributed by atoms with Crippen molar-refractivity contribution in [3.05, 3.63) is 40.2 Å². The first-order valence-electron chi connectivity index (χ1n) is 5.28. The number of nitrogens with zero attached hydrogens (tertiary/aromatic N) is 4. The van der Waals surface area contributed by atoms with E-state index in [0.717, 1.165) is 17.8 Å². The van der Waals surface area contributed by atoms with Gasteiger partial charge in [-0.1, -0.05) is 30.1 Å². The SMILES string of the molecule is CCC(c1cc(Cl)nc(Cl)c1)c1nncn1C. The lowest BCUT2D eigenvalue weighted by molar-refractivity contribution is 0.670. The van der Waals surface area contributed by atoms with Crippen LogP contribution in [0.1, 0.15) is 30.7 Å². The fourth-order valence-corrected chi connectivity index (χ4v) is 2.34. The van der Waals surface area contributed by atoms with Crippen molar-refractivity contribution in [2.45, 2.75) is 19.3 Å². The molecule has 0 aliphatic rings. The highest BCUT2D eigenvalue weighted by atomic mass is 35.5. The Hall–Kier alpha value is -1.13. The number of aromatic nitrogens is 4. The summed E-state index contributed by atoms with van der Waals surface area (Å²) in [5.41, 5.74) is 1.01. The van der Waals surface area contributed by atoms with Crippen LogP contribution in [-0.4, -0.2) is 19.7 Å². The van der Waals surface area contributed by atoms with Gasteiger partial charge in [-0.15, -0.1) is 10.2 Å². The molecule has 0 fully saturated rings. The van der Waals surface area contributed by atoms with Gasteiger partial charge >= 0.3 is 0 Å². The lowest BCUT2D eigenvalue weighted by Gasteiger charge is -2.14. The fraction of sp³-hybridized carbons (Fsp3) is 0.364. The summed E-state index contributed by atoms with van der Waals surface area (Å²) in [6, 6.07) is 3.63. The summed E-state index contributed by atoms with van der Waals surface area (Å²) in [4.78, 5) is 3.94. The van der Waals surface area contributed by atoms with Gasteiger partial charge in [0.2, 0.25) is 0 Å². The molecule has 0 aromatic carbocycles. The molecular weight excluding hydrogens is 259 g/mol. The number of pyridine rings is 1. The fourth-order valence-electron chi connectivity index (χ4n) is 1.86. The maximum absolute atomic E-state index is 5.91. The number of halogens is 2. The molecule has 0 aliphatic carbocycles. The number of hydrogen-bond donors (Lipinski definition) is 0. The minimum absolute atomic E-state index is 0.125. The molecule has 2 heterocycles. The van der Waals surface area contributed by atoms with Crippen molar-refractivity contribution in [1.29, 1.82) is 0 Å². The van der Waals surface area contributed by atoms with E-state index in [9.17, 15) is 0 Å². The van der Waals surface area contributed by atoms with Crippen molar-refractivity contribution in [3.8, 4) is 0 Å². The summed E-state index contributed by atoms with van der Waals surface area (Å²) in [7, 11) is 1.92. The van der Waals surface area contributed by atoms with E-state index in [-0.39, 0.29) is 5.92 Å². The lowest BCUT2D eigenvalue weighted by atomic mass is 9.97. The van der Waals surface area contributed by atoms with Gasteiger partial charge in [0.25, 0.3) is 0 Å².